The fraction of sp³-hybridized carbons (Fsp3) is 0.333. The van der Waals surface area contributed by atoms with Crippen molar-refractivity contribution < 1.29 is 4.79 Å². The van der Waals surface area contributed by atoms with Crippen molar-refractivity contribution in [3.8, 4) is 0 Å². The summed E-state index contributed by atoms with van der Waals surface area (Å²) in [5, 5.41) is 1.33. The summed E-state index contributed by atoms with van der Waals surface area (Å²) in [7, 11) is 0. The highest BCUT2D eigenvalue weighted by atomic mass is 35.5. The largest absolute Gasteiger partial charge is 0.294 e. The molecule has 0 aliphatic rings. The van der Waals surface area contributed by atoms with Crippen LogP contribution in [0.1, 0.15) is 6.92 Å². The molecule has 1 unspecified atom stereocenters. The summed E-state index contributed by atoms with van der Waals surface area (Å²) in [6, 6.07) is 3.53. The van der Waals surface area contributed by atoms with Gasteiger partial charge in [-0.2, -0.15) is 0 Å². The number of nitrogens with one attached hydrogen (secondary N) is 1. The maximum Gasteiger partial charge on any atom is 0.237 e. The van der Waals surface area contributed by atoms with Crippen molar-refractivity contribution in [1.82, 2.24) is 10.4 Å². The van der Waals surface area contributed by atoms with Gasteiger partial charge in [0.1, 0.15) is 5.03 Å². The van der Waals surface area contributed by atoms with Crippen molar-refractivity contribution in [2.45, 2.75) is 11.9 Å². The minimum Gasteiger partial charge on any atom is -0.294 e. The van der Waals surface area contributed by atoms with Gasteiger partial charge in [0, 0.05) is 17.9 Å². The maximum absolute atomic E-state index is 11.1. The molecular formula is C9H12ClN3OS. The quantitative estimate of drug-likeness (QED) is 0.365. The van der Waals surface area contributed by atoms with E-state index in [-0.39, 0.29) is 11.8 Å². The van der Waals surface area contributed by atoms with E-state index in [0.717, 1.165) is 5.03 Å². The number of rotatable bonds is 4. The molecule has 1 aromatic rings. The Balaban J connectivity index is 2.50. The molecule has 1 rings (SSSR count). The minimum atomic E-state index is -0.186. The predicted molar refractivity (Wildman–Crippen MR) is 61.5 cm³/mol. The van der Waals surface area contributed by atoms with Crippen LogP contribution in [0.4, 0.5) is 0 Å². The number of hydrogen-bond acceptors (Lipinski definition) is 4. The standard InChI is InChI=1S/C9H12ClN3OS/c1-6(8(14)13-11)5-15-9-7(10)3-2-4-12-9/h2-4,6H,5,11H2,1H3,(H,13,14). The number of amides is 1. The molecule has 0 bridgehead atoms. The van der Waals surface area contributed by atoms with Gasteiger partial charge in [-0.1, -0.05) is 18.5 Å². The lowest BCUT2D eigenvalue weighted by Crippen LogP contribution is -2.35. The second-order valence-corrected chi connectivity index (χ2v) is 4.43. The van der Waals surface area contributed by atoms with Crippen LogP contribution < -0.4 is 11.3 Å². The number of nitrogens with two attached hydrogens (primary N) is 1. The van der Waals surface area contributed by atoms with E-state index in [1.165, 1.54) is 11.8 Å². The van der Waals surface area contributed by atoms with Crippen LogP contribution in [-0.2, 0) is 4.79 Å². The second-order valence-electron chi connectivity index (χ2n) is 3.01. The van der Waals surface area contributed by atoms with Gasteiger partial charge in [0.05, 0.1) is 5.02 Å². The van der Waals surface area contributed by atoms with E-state index < -0.39 is 0 Å². The van der Waals surface area contributed by atoms with Crippen LogP contribution in [0.25, 0.3) is 0 Å². The van der Waals surface area contributed by atoms with E-state index in [1.54, 1.807) is 25.3 Å². The Kier molecular flexibility index (Phi) is 4.87. The molecule has 0 aromatic carbocycles. The van der Waals surface area contributed by atoms with Crippen LogP contribution in [0.15, 0.2) is 23.4 Å². The summed E-state index contributed by atoms with van der Waals surface area (Å²) in [5.41, 5.74) is 2.11. The van der Waals surface area contributed by atoms with Crippen LogP contribution in [0.5, 0.6) is 0 Å². The van der Waals surface area contributed by atoms with Crippen molar-refractivity contribution in [3.05, 3.63) is 23.4 Å². The lowest BCUT2D eigenvalue weighted by molar-refractivity contribution is -0.123. The predicted octanol–water partition coefficient (Wildman–Crippen LogP) is 1.45. The van der Waals surface area contributed by atoms with Crippen LogP contribution in [-0.4, -0.2) is 16.6 Å². The first-order chi connectivity index (χ1) is 7.15. The Morgan fingerprint density at radius 2 is 2.53 bits per heavy atom. The van der Waals surface area contributed by atoms with Crippen LogP contribution >= 0.6 is 23.4 Å². The zero-order valence-corrected chi connectivity index (χ0v) is 9.81. The number of carbonyl (C=O) groups is 1. The number of thioether (sulfide) groups is 1. The molecule has 0 fully saturated rings. The highest BCUT2D eigenvalue weighted by molar-refractivity contribution is 7.99. The van der Waals surface area contributed by atoms with Gasteiger partial charge < -0.3 is 0 Å². The average Bonchev–Trinajstić information content (AvgIpc) is 2.26. The number of carbonyl (C=O) groups excluding carboxylic acids is 1. The summed E-state index contributed by atoms with van der Waals surface area (Å²) >= 11 is 7.35. The van der Waals surface area contributed by atoms with Crippen LogP contribution in [0.2, 0.25) is 5.02 Å². The van der Waals surface area contributed by atoms with E-state index in [9.17, 15) is 4.79 Å². The first-order valence-electron chi connectivity index (χ1n) is 4.39. The van der Waals surface area contributed by atoms with Crippen LogP contribution in [0, 0.1) is 5.92 Å². The normalized spacial score (nSPS) is 12.2. The molecule has 0 spiro atoms. The Morgan fingerprint density at radius 3 is 3.13 bits per heavy atom. The molecule has 0 saturated heterocycles. The van der Waals surface area contributed by atoms with E-state index in [2.05, 4.69) is 10.4 Å². The van der Waals surface area contributed by atoms with E-state index in [1.807, 2.05) is 0 Å². The van der Waals surface area contributed by atoms with Crippen molar-refractivity contribution in [3.63, 3.8) is 0 Å². The van der Waals surface area contributed by atoms with Crippen molar-refractivity contribution in [2.24, 2.45) is 11.8 Å². The van der Waals surface area contributed by atoms with E-state index >= 15 is 0 Å². The lowest BCUT2D eigenvalue weighted by Gasteiger charge is -2.08. The zero-order chi connectivity index (χ0) is 11.3. The molecule has 1 aromatic heterocycles. The number of halogens is 1. The summed E-state index contributed by atoms with van der Waals surface area (Å²) in [5.74, 6) is 5.26. The molecule has 3 N–H and O–H groups in total. The fourth-order valence-corrected chi connectivity index (χ4v) is 2.09. The SMILES string of the molecule is CC(CSc1ncccc1Cl)C(=O)NN. The molecule has 1 amide bonds. The molecule has 4 nitrogen and oxygen atoms in total. The van der Waals surface area contributed by atoms with Gasteiger partial charge in [-0.3, -0.25) is 10.2 Å². The summed E-state index contributed by atoms with van der Waals surface area (Å²) in [6.45, 7) is 1.80. The van der Waals surface area contributed by atoms with Gasteiger partial charge in [-0.15, -0.1) is 11.8 Å². The monoisotopic (exact) mass is 245 g/mol. The van der Waals surface area contributed by atoms with E-state index in [0.29, 0.717) is 10.8 Å². The van der Waals surface area contributed by atoms with Crippen molar-refractivity contribution in [1.29, 1.82) is 0 Å². The molecule has 15 heavy (non-hydrogen) atoms. The molecule has 82 valence electrons. The molecule has 0 aliphatic heterocycles. The van der Waals surface area contributed by atoms with Crippen molar-refractivity contribution in [2.75, 3.05) is 5.75 Å². The highest BCUT2D eigenvalue weighted by Crippen LogP contribution is 2.25. The number of nitrogens with zero attached hydrogens (tertiary/aromatic N) is 1. The summed E-state index contributed by atoms with van der Waals surface area (Å²) < 4.78 is 0. The van der Waals surface area contributed by atoms with Gasteiger partial charge in [0.25, 0.3) is 0 Å². The molecule has 0 radical (unpaired) electrons. The summed E-state index contributed by atoms with van der Waals surface area (Å²) in [4.78, 5) is 15.2. The zero-order valence-electron chi connectivity index (χ0n) is 8.24. The van der Waals surface area contributed by atoms with Gasteiger partial charge in [-0.25, -0.2) is 10.8 Å². The van der Waals surface area contributed by atoms with Gasteiger partial charge in [-0.05, 0) is 12.1 Å². The maximum atomic E-state index is 11.1. The molecule has 0 saturated carbocycles. The lowest BCUT2D eigenvalue weighted by atomic mass is 10.2. The van der Waals surface area contributed by atoms with Crippen LogP contribution in [0.3, 0.4) is 0 Å². The van der Waals surface area contributed by atoms with E-state index in [4.69, 9.17) is 17.4 Å². The third-order valence-electron chi connectivity index (χ3n) is 1.78. The first-order valence-corrected chi connectivity index (χ1v) is 5.75. The average molecular weight is 246 g/mol. The Bertz CT molecular complexity index is 348. The first kappa shape index (κ1) is 12.3. The van der Waals surface area contributed by atoms with Crippen molar-refractivity contribution >= 4 is 29.3 Å². The Labute approximate surface area is 97.6 Å². The smallest absolute Gasteiger partial charge is 0.237 e. The number of hydrogen-bond donors (Lipinski definition) is 2. The fourth-order valence-electron chi connectivity index (χ4n) is 0.899. The van der Waals surface area contributed by atoms with Gasteiger partial charge >= 0.3 is 0 Å². The molecular weight excluding hydrogens is 234 g/mol. The minimum absolute atomic E-state index is 0.168. The molecule has 0 aliphatic carbocycles. The number of aromatic nitrogens is 1. The Morgan fingerprint density at radius 1 is 1.80 bits per heavy atom. The number of hydrazine groups is 1. The van der Waals surface area contributed by atoms with Gasteiger partial charge in [0.15, 0.2) is 0 Å². The second kappa shape index (κ2) is 5.95. The topological polar surface area (TPSA) is 68.0 Å². The summed E-state index contributed by atoms with van der Waals surface area (Å²) in [6.07, 6.45) is 1.67. The third kappa shape index (κ3) is 3.70. The Hall–Kier alpha value is -0.780. The third-order valence-corrected chi connectivity index (χ3v) is 3.47. The van der Waals surface area contributed by atoms with Gasteiger partial charge in [0.2, 0.25) is 5.91 Å². The number of pyridine rings is 1. The molecule has 1 heterocycles. The molecule has 6 heteroatoms. The molecule has 1 atom stereocenters. The highest BCUT2D eigenvalue weighted by Gasteiger charge is 2.12.